The van der Waals surface area contributed by atoms with E-state index in [-0.39, 0.29) is 0 Å². The first-order valence-corrected chi connectivity index (χ1v) is 10.2. The lowest BCUT2D eigenvalue weighted by atomic mass is 10.0. The lowest BCUT2D eigenvalue weighted by Crippen LogP contribution is -2.31. The Bertz CT molecular complexity index is 1030. The second kappa shape index (κ2) is 8.97. The van der Waals surface area contributed by atoms with Crippen LogP contribution >= 0.6 is 0 Å². The van der Waals surface area contributed by atoms with E-state index in [2.05, 4.69) is 32.8 Å². The molecule has 154 valence electrons. The first-order chi connectivity index (χ1) is 14.7. The van der Waals surface area contributed by atoms with Crippen molar-refractivity contribution in [2.24, 2.45) is 15.7 Å². The van der Waals surface area contributed by atoms with Gasteiger partial charge in [0.1, 0.15) is 23.2 Å². The normalized spacial score (nSPS) is 17.0. The van der Waals surface area contributed by atoms with Gasteiger partial charge >= 0.3 is 0 Å². The number of amidine groups is 1. The number of nitrogens with zero attached hydrogens (tertiary/aromatic N) is 3. The van der Waals surface area contributed by atoms with Crippen LogP contribution in [0, 0.1) is 0 Å². The maximum Gasteiger partial charge on any atom is 0.143 e. The summed E-state index contributed by atoms with van der Waals surface area (Å²) in [6.45, 7) is 5.77. The number of benzene rings is 2. The summed E-state index contributed by atoms with van der Waals surface area (Å²) in [5.74, 6) is 2.81. The lowest BCUT2D eigenvalue weighted by molar-refractivity contribution is 0.374. The largest absolute Gasteiger partial charge is 0.457 e. The van der Waals surface area contributed by atoms with Crippen molar-refractivity contribution in [3.05, 3.63) is 66.4 Å². The molecule has 0 bridgehead atoms. The van der Waals surface area contributed by atoms with Crippen molar-refractivity contribution < 1.29 is 4.74 Å². The maximum atomic E-state index is 6.29. The summed E-state index contributed by atoms with van der Waals surface area (Å²) in [6, 6.07) is 18.1. The number of aliphatic imine (C=N–C) groups is 2. The van der Waals surface area contributed by atoms with Gasteiger partial charge in [-0.2, -0.15) is 0 Å². The number of nitrogens with one attached hydrogen (secondary N) is 1. The van der Waals surface area contributed by atoms with Crippen molar-refractivity contribution in [2.45, 2.75) is 18.9 Å². The first-order valence-electron chi connectivity index (χ1n) is 10.2. The predicted molar refractivity (Wildman–Crippen MR) is 123 cm³/mol. The van der Waals surface area contributed by atoms with E-state index in [1.807, 2.05) is 54.6 Å². The second-order valence-corrected chi connectivity index (χ2v) is 7.36. The minimum absolute atomic E-state index is 0.317. The third kappa shape index (κ3) is 4.00. The van der Waals surface area contributed by atoms with Gasteiger partial charge in [0.2, 0.25) is 0 Å². The van der Waals surface area contributed by atoms with Crippen LogP contribution in [0.3, 0.4) is 0 Å². The Kier molecular flexibility index (Phi) is 5.95. The Morgan fingerprint density at radius 3 is 2.50 bits per heavy atom. The lowest BCUT2D eigenvalue weighted by Gasteiger charge is -2.25. The van der Waals surface area contributed by atoms with Crippen molar-refractivity contribution in [2.75, 3.05) is 20.1 Å². The number of hydrogen-bond acceptors (Lipinski definition) is 4. The molecule has 1 fully saturated rings. The number of aromatic nitrogens is 1. The minimum atomic E-state index is 0.317. The van der Waals surface area contributed by atoms with Crippen molar-refractivity contribution in [1.29, 1.82) is 0 Å². The van der Waals surface area contributed by atoms with E-state index in [1.54, 1.807) is 7.05 Å². The van der Waals surface area contributed by atoms with Crippen molar-refractivity contribution in [3.63, 3.8) is 0 Å². The molecule has 1 aliphatic rings. The van der Waals surface area contributed by atoms with Crippen LogP contribution in [-0.2, 0) is 0 Å². The monoisotopic (exact) mass is 401 g/mol. The van der Waals surface area contributed by atoms with Crippen molar-refractivity contribution >= 4 is 18.4 Å². The molecule has 3 N–H and O–H groups in total. The van der Waals surface area contributed by atoms with Gasteiger partial charge in [-0.25, -0.2) is 4.99 Å². The fraction of sp³-hybridized carbons (Fsp3) is 0.250. The van der Waals surface area contributed by atoms with Gasteiger partial charge in [0, 0.05) is 31.4 Å². The summed E-state index contributed by atoms with van der Waals surface area (Å²) in [4.78, 5) is 8.57. The van der Waals surface area contributed by atoms with Crippen LogP contribution < -0.4 is 15.8 Å². The van der Waals surface area contributed by atoms with E-state index in [0.29, 0.717) is 11.9 Å². The van der Waals surface area contributed by atoms with Crippen LogP contribution in [0.1, 0.15) is 24.4 Å². The van der Waals surface area contributed by atoms with E-state index >= 15 is 0 Å². The molecule has 6 nitrogen and oxygen atoms in total. The van der Waals surface area contributed by atoms with Gasteiger partial charge in [0.25, 0.3) is 0 Å². The Morgan fingerprint density at radius 2 is 1.87 bits per heavy atom. The number of hydrogen-bond donors (Lipinski definition) is 2. The van der Waals surface area contributed by atoms with E-state index in [1.165, 1.54) is 0 Å². The molecular weight excluding hydrogens is 374 g/mol. The molecule has 4 rings (SSSR count). The molecule has 1 unspecified atom stereocenters. The third-order valence-corrected chi connectivity index (χ3v) is 5.46. The molecule has 1 saturated heterocycles. The van der Waals surface area contributed by atoms with Gasteiger partial charge in [-0.1, -0.05) is 30.3 Å². The van der Waals surface area contributed by atoms with Gasteiger partial charge < -0.3 is 20.4 Å². The molecule has 0 amide bonds. The standard InChI is InChI=1S/C24H27N5O/c1-26-23(25)22-21(16-29(24(22)27-2)18-7-6-14-28-15-18)17-10-12-20(13-11-17)30-19-8-4-3-5-9-19/h3-5,8-13,16,18,28H,2,6-7,14-15H2,1H3,(H2,25,26). The highest BCUT2D eigenvalue weighted by Crippen LogP contribution is 2.37. The number of rotatable bonds is 6. The number of ether oxygens (including phenoxy) is 1. The smallest absolute Gasteiger partial charge is 0.143 e. The number of piperidine rings is 1. The van der Waals surface area contributed by atoms with Crippen LogP contribution in [0.15, 0.2) is 70.8 Å². The van der Waals surface area contributed by atoms with Crippen molar-refractivity contribution in [3.8, 4) is 22.6 Å². The van der Waals surface area contributed by atoms with Crippen LogP contribution in [0.4, 0.5) is 5.82 Å². The Hall–Kier alpha value is -3.38. The highest BCUT2D eigenvalue weighted by Gasteiger charge is 2.24. The highest BCUT2D eigenvalue weighted by molar-refractivity contribution is 6.07. The molecular formula is C24H27N5O. The molecule has 30 heavy (non-hydrogen) atoms. The Balaban J connectivity index is 1.72. The average molecular weight is 402 g/mol. The quantitative estimate of drug-likeness (QED) is 0.470. The molecule has 0 saturated carbocycles. The van der Waals surface area contributed by atoms with E-state index in [0.717, 1.165) is 59.9 Å². The summed E-state index contributed by atoms with van der Waals surface area (Å²) in [5.41, 5.74) is 9.15. The summed E-state index contributed by atoms with van der Waals surface area (Å²) in [7, 11) is 1.70. The zero-order valence-corrected chi connectivity index (χ0v) is 17.2. The van der Waals surface area contributed by atoms with Crippen LogP contribution in [0.2, 0.25) is 0 Å². The first kappa shape index (κ1) is 19.9. The SMILES string of the molecule is C=Nc1c(/C(N)=N\C)c(-c2ccc(Oc3ccccc3)cc2)cn1C1CCCNC1. The molecule has 2 heterocycles. The molecule has 0 radical (unpaired) electrons. The third-order valence-electron chi connectivity index (χ3n) is 5.46. The van der Waals surface area contributed by atoms with Gasteiger partial charge in [0.15, 0.2) is 0 Å². The topological polar surface area (TPSA) is 76.9 Å². The van der Waals surface area contributed by atoms with Crippen molar-refractivity contribution in [1.82, 2.24) is 9.88 Å². The van der Waals surface area contributed by atoms with Gasteiger partial charge in [0.05, 0.1) is 5.56 Å². The fourth-order valence-electron chi connectivity index (χ4n) is 3.93. The zero-order chi connectivity index (χ0) is 20.9. The van der Waals surface area contributed by atoms with Gasteiger partial charge in [-0.15, -0.1) is 0 Å². The maximum absolute atomic E-state index is 6.29. The highest BCUT2D eigenvalue weighted by atomic mass is 16.5. The summed E-state index contributed by atoms with van der Waals surface area (Å²) < 4.78 is 8.11. The molecule has 0 aliphatic carbocycles. The minimum Gasteiger partial charge on any atom is -0.457 e. The Labute approximate surface area is 177 Å². The summed E-state index contributed by atoms with van der Waals surface area (Å²) >= 11 is 0. The predicted octanol–water partition coefficient (Wildman–Crippen LogP) is 4.54. The molecule has 0 spiro atoms. The average Bonchev–Trinajstić information content (AvgIpc) is 3.20. The molecule has 6 heteroatoms. The van der Waals surface area contributed by atoms with Gasteiger partial charge in [-0.05, 0) is 55.9 Å². The van der Waals surface area contributed by atoms with E-state index < -0.39 is 0 Å². The fourth-order valence-corrected chi connectivity index (χ4v) is 3.93. The summed E-state index contributed by atoms with van der Waals surface area (Å²) in [5, 5.41) is 3.47. The molecule has 1 atom stereocenters. The molecule has 2 aromatic carbocycles. The van der Waals surface area contributed by atoms with E-state index in [4.69, 9.17) is 10.5 Å². The number of para-hydroxylation sites is 1. The summed E-state index contributed by atoms with van der Waals surface area (Å²) in [6.07, 6.45) is 4.35. The van der Waals surface area contributed by atoms with Crippen LogP contribution in [0.5, 0.6) is 11.5 Å². The van der Waals surface area contributed by atoms with Gasteiger partial charge in [-0.3, -0.25) is 4.99 Å². The second-order valence-electron chi connectivity index (χ2n) is 7.36. The van der Waals surface area contributed by atoms with Crippen LogP contribution in [-0.4, -0.2) is 37.3 Å². The zero-order valence-electron chi connectivity index (χ0n) is 17.2. The molecule has 1 aliphatic heterocycles. The number of nitrogens with two attached hydrogens (primary N) is 1. The van der Waals surface area contributed by atoms with Crippen LogP contribution in [0.25, 0.3) is 11.1 Å². The molecule has 1 aromatic heterocycles. The Morgan fingerprint density at radius 1 is 1.13 bits per heavy atom. The molecule has 3 aromatic rings. The van der Waals surface area contributed by atoms with E-state index in [9.17, 15) is 0 Å².